The average Bonchev–Trinajstić information content (AvgIpc) is 2.63. The summed E-state index contributed by atoms with van der Waals surface area (Å²) in [6.07, 6.45) is 5.97. The zero-order valence-electron chi connectivity index (χ0n) is 7.10. The predicted molar refractivity (Wildman–Crippen MR) is 47.1 cm³/mol. The summed E-state index contributed by atoms with van der Waals surface area (Å²) >= 11 is 0. The number of imidazole rings is 1. The maximum absolute atomic E-state index is 10.8. The number of aldehydes is 1. The van der Waals surface area contributed by atoms with Crippen LogP contribution in [0.2, 0.25) is 0 Å². The van der Waals surface area contributed by atoms with E-state index < -0.39 is 0 Å². The van der Waals surface area contributed by atoms with Crippen molar-refractivity contribution in [2.24, 2.45) is 0 Å². The number of rotatable bonds is 2. The molecule has 0 bridgehead atoms. The molecular formula is C9H8N2O2. The van der Waals surface area contributed by atoms with Gasteiger partial charge in [0.1, 0.15) is 5.75 Å². The van der Waals surface area contributed by atoms with Crippen molar-refractivity contribution in [1.82, 2.24) is 9.38 Å². The number of carbonyl (C=O) groups excluding carboxylic acids is 1. The molecule has 0 saturated carbocycles. The van der Waals surface area contributed by atoms with E-state index in [9.17, 15) is 4.79 Å². The maximum Gasteiger partial charge on any atom is 0.157 e. The third-order valence-corrected chi connectivity index (χ3v) is 1.90. The normalized spacial score (nSPS) is 10.2. The van der Waals surface area contributed by atoms with Gasteiger partial charge in [-0.05, 0) is 6.07 Å². The predicted octanol–water partition coefficient (Wildman–Crippen LogP) is 1.16. The number of pyridine rings is 1. The van der Waals surface area contributed by atoms with Gasteiger partial charge in [0.15, 0.2) is 11.9 Å². The minimum Gasteiger partial charge on any atom is -0.496 e. The van der Waals surface area contributed by atoms with E-state index in [0.717, 1.165) is 6.29 Å². The molecule has 0 fully saturated rings. The van der Waals surface area contributed by atoms with Crippen molar-refractivity contribution in [3.63, 3.8) is 0 Å². The molecule has 0 aliphatic heterocycles. The van der Waals surface area contributed by atoms with Gasteiger partial charge in [-0.3, -0.25) is 4.79 Å². The Labute approximate surface area is 74.8 Å². The topological polar surface area (TPSA) is 43.6 Å². The smallest absolute Gasteiger partial charge is 0.157 e. The van der Waals surface area contributed by atoms with Crippen LogP contribution in [-0.4, -0.2) is 22.8 Å². The highest BCUT2D eigenvalue weighted by Crippen LogP contribution is 2.19. The Kier molecular flexibility index (Phi) is 1.73. The first-order valence-corrected chi connectivity index (χ1v) is 3.81. The number of methoxy groups -OCH3 is 1. The van der Waals surface area contributed by atoms with Gasteiger partial charge < -0.3 is 9.14 Å². The van der Waals surface area contributed by atoms with Gasteiger partial charge in [-0.25, -0.2) is 4.98 Å². The second-order valence-corrected chi connectivity index (χ2v) is 2.57. The standard InChI is InChI=1S/C9H8N2O2/c1-13-8-2-4-11-5-3-10-9(11)7(8)6-12/h2-6H,1H3. The number of fused-ring (bicyclic) bond motifs is 1. The van der Waals surface area contributed by atoms with E-state index in [1.165, 1.54) is 7.11 Å². The van der Waals surface area contributed by atoms with Gasteiger partial charge in [-0.15, -0.1) is 0 Å². The monoisotopic (exact) mass is 176 g/mol. The van der Waals surface area contributed by atoms with Gasteiger partial charge in [-0.1, -0.05) is 0 Å². The fraction of sp³-hybridized carbons (Fsp3) is 0.111. The fourth-order valence-electron chi connectivity index (χ4n) is 1.28. The summed E-state index contributed by atoms with van der Waals surface area (Å²) in [4.78, 5) is 14.8. The van der Waals surface area contributed by atoms with Crippen LogP contribution in [0, 0.1) is 0 Å². The molecule has 0 spiro atoms. The summed E-state index contributed by atoms with van der Waals surface area (Å²) in [6.45, 7) is 0. The van der Waals surface area contributed by atoms with Crippen molar-refractivity contribution in [2.45, 2.75) is 0 Å². The molecule has 0 amide bonds. The minimum atomic E-state index is 0.481. The van der Waals surface area contributed by atoms with Crippen LogP contribution in [0.15, 0.2) is 24.7 Å². The largest absolute Gasteiger partial charge is 0.496 e. The van der Waals surface area contributed by atoms with Crippen LogP contribution in [0.5, 0.6) is 5.75 Å². The van der Waals surface area contributed by atoms with Crippen LogP contribution >= 0.6 is 0 Å². The van der Waals surface area contributed by atoms with Gasteiger partial charge in [-0.2, -0.15) is 0 Å². The van der Waals surface area contributed by atoms with Crippen LogP contribution < -0.4 is 4.74 Å². The molecule has 0 unspecified atom stereocenters. The second kappa shape index (κ2) is 2.90. The summed E-state index contributed by atoms with van der Waals surface area (Å²) in [5.74, 6) is 0.550. The second-order valence-electron chi connectivity index (χ2n) is 2.57. The fourth-order valence-corrected chi connectivity index (χ4v) is 1.28. The Morgan fingerprint density at radius 2 is 2.38 bits per heavy atom. The number of ether oxygens (including phenoxy) is 1. The van der Waals surface area contributed by atoms with Crippen LogP contribution in [0.1, 0.15) is 10.4 Å². The molecule has 0 N–H and O–H groups in total. The highest BCUT2D eigenvalue weighted by molar-refractivity contribution is 5.88. The molecule has 2 aromatic heterocycles. The Morgan fingerprint density at radius 1 is 1.54 bits per heavy atom. The first kappa shape index (κ1) is 7.79. The third-order valence-electron chi connectivity index (χ3n) is 1.90. The van der Waals surface area contributed by atoms with Crippen molar-refractivity contribution < 1.29 is 9.53 Å². The van der Waals surface area contributed by atoms with E-state index in [2.05, 4.69) is 4.98 Å². The van der Waals surface area contributed by atoms with Gasteiger partial charge in [0.05, 0.1) is 12.7 Å². The van der Waals surface area contributed by atoms with Gasteiger partial charge in [0, 0.05) is 18.6 Å². The van der Waals surface area contributed by atoms with E-state index in [0.29, 0.717) is 17.0 Å². The Hall–Kier alpha value is -1.84. The van der Waals surface area contributed by atoms with E-state index in [1.807, 2.05) is 0 Å². The SMILES string of the molecule is COc1ccn2ccnc2c1C=O. The van der Waals surface area contributed by atoms with Crippen LogP contribution in [0.4, 0.5) is 0 Å². The highest BCUT2D eigenvalue weighted by Gasteiger charge is 2.07. The molecule has 0 radical (unpaired) electrons. The van der Waals surface area contributed by atoms with E-state index in [4.69, 9.17) is 4.74 Å². The summed E-state index contributed by atoms with van der Waals surface area (Å²) in [5, 5.41) is 0. The van der Waals surface area contributed by atoms with Crippen molar-refractivity contribution in [2.75, 3.05) is 7.11 Å². The third kappa shape index (κ3) is 1.07. The quantitative estimate of drug-likeness (QED) is 0.645. The summed E-state index contributed by atoms with van der Waals surface area (Å²) in [5.41, 5.74) is 1.10. The van der Waals surface area contributed by atoms with Gasteiger partial charge >= 0.3 is 0 Å². The lowest BCUT2D eigenvalue weighted by Crippen LogP contribution is -1.95. The molecule has 4 heteroatoms. The van der Waals surface area contributed by atoms with Crippen molar-refractivity contribution in [3.8, 4) is 5.75 Å². The molecule has 0 aliphatic rings. The summed E-state index contributed by atoms with van der Waals surface area (Å²) < 4.78 is 6.80. The Morgan fingerprint density at radius 3 is 3.08 bits per heavy atom. The van der Waals surface area contributed by atoms with E-state index in [1.54, 1.807) is 29.1 Å². The molecule has 4 nitrogen and oxygen atoms in total. The first-order chi connectivity index (χ1) is 6.36. The van der Waals surface area contributed by atoms with Crippen LogP contribution in [0.25, 0.3) is 5.65 Å². The van der Waals surface area contributed by atoms with E-state index in [-0.39, 0.29) is 0 Å². The van der Waals surface area contributed by atoms with Gasteiger partial charge in [0.25, 0.3) is 0 Å². The number of aromatic nitrogens is 2. The lowest BCUT2D eigenvalue weighted by Gasteiger charge is -2.03. The molecule has 2 rings (SSSR count). The van der Waals surface area contributed by atoms with Crippen molar-refractivity contribution >= 4 is 11.9 Å². The molecule has 0 aliphatic carbocycles. The van der Waals surface area contributed by atoms with Gasteiger partial charge in [0.2, 0.25) is 0 Å². The zero-order chi connectivity index (χ0) is 9.26. The molecule has 2 heterocycles. The lowest BCUT2D eigenvalue weighted by molar-refractivity contribution is 0.112. The molecular weight excluding hydrogens is 168 g/mol. The van der Waals surface area contributed by atoms with Crippen LogP contribution in [0.3, 0.4) is 0 Å². The zero-order valence-corrected chi connectivity index (χ0v) is 7.10. The number of hydrogen-bond donors (Lipinski definition) is 0. The Bertz CT molecular complexity index is 448. The molecule has 0 saturated heterocycles. The highest BCUT2D eigenvalue weighted by atomic mass is 16.5. The number of hydrogen-bond acceptors (Lipinski definition) is 3. The number of carbonyl (C=O) groups is 1. The average molecular weight is 176 g/mol. The van der Waals surface area contributed by atoms with E-state index >= 15 is 0 Å². The Balaban J connectivity index is 2.81. The molecule has 66 valence electrons. The maximum atomic E-state index is 10.8. The van der Waals surface area contributed by atoms with Crippen LogP contribution in [-0.2, 0) is 0 Å². The summed E-state index contributed by atoms with van der Waals surface area (Å²) in [6, 6.07) is 1.73. The summed E-state index contributed by atoms with van der Waals surface area (Å²) in [7, 11) is 1.53. The number of nitrogens with zero attached hydrogens (tertiary/aromatic N) is 2. The molecule has 0 atom stereocenters. The minimum absolute atomic E-state index is 0.481. The molecule has 2 aromatic rings. The lowest BCUT2D eigenvalue weighted by atomic mass is 10.2. The van der Waals surface area contributed by atoms with Crippen molar-refractivity contribution in [1.29, 1.82) is 0 Å². The first-order valence-electron chi connectivity index (χ1n) is 3.81. The molecule has 13 heavy (non-hydrogen) atoms. The molecule has 0 aromatic carbocycles. The van der Waals surface area contributed by atoms with Crippen molar-refractivity contribution in [3.05, 3.63) is 30.2 Å².